The molecule has 2 aromatic rings. The molecule has 5 nitrogen and oxygen atoms in total. The van der Waals surface area contributed by atoms with Gasteiger partial charge in [-0.25, -0.2) is 0 Å². The van der Waals surface area contributed by atoms with Gasteiger partial charge in [0.25, 0.3) is 0 Å². The molecule has 1 aromatic carbocycles. The van der Waals surface area contributed by atoms with Crippen LogP contribution in [0.25, 0.3) is 0 Å². The van der Waals surface area contributed by atoms with E-state index in [0.717, 1.165) is 31.7 Å². The molecular weight excluding hydrogens is 290 g/mol. The maximum Gasteiger partial charge on any atom is 0.247 e. The Morgan fingerprint density at radius 1 is 1.35 bits per heavy atom. The summed E-state index contributed by atoms with van der Waals surface area (Å²) in [5.74, 6) is 1.16. The number of carbonyl (C=O) groups excluding carboxylic acids is 1. The van der Waals surface area contributed by atoms with E-state index >= 15 is 0 Å². The van der Waals surface area contributed by atoms with Crippen molar-refractivity contribution in [3.63, 3.8) is 0 Å². The van der Waals surface area contributed by atoms with Gasteiger partial charge in [0.2, 0.25) is 5.91 Å². The molecule has 3 heterocycles. The van der Waals surface area contributed by atoms with Gasteiger partial charge in [0.05, 0.1) is 6.61 Å². The van der Waals surface area contributed by atoms with E-state index in [1.54, 1.807) is 10.9 Å². The number of para-hydroxylation sites is 1. The molecule has 1 aromatic heterocycles. The fraction of sp³-hybridized carbons (Fsp3) is 0.444. The van der Waals surface area contributed by atoms with Crippen LogP contribution in [0, 0.1) is 5.41 Å². The SMILES string of the molecule is CCC(C(=O)N1CC2(COc3ccccc3C2)C1)n1cccn1. The number of fused-ring (bicyclic) bond motifs is 1. The van der Waals surface area contributed by atoms with Crippen LogP contribution in [0.15, 0.2) is 42.7 Å². The summed E-state index contributed by atoms with van der Waals surface area (Å²) in [6.07, 6.45) is 5.33. The number of benzene rings is 1. The highest BCUT2D eigenvalue weighted by Gasteiger charge is 2.49. The first-order valence-corrected chi connectivity index (χ1v) is 8.19. The van der Waals surface area contributed by atoms with Gasteiger partial charge in [-0.05, 0) is 30.5 Å². The van der Waals surface area contributed by atoms with E-state index in [4.69, 9.17) is 4.74 Å². The van der Waals surface area contributed by atoms with Crippen molar-refractivity contribution in [3.8, 4) is 5.75 Å². The normalized spacial score (nSPS) is 19.6. The molecule has 5 heteroatoms. The lowest BCUT2D eigenvalue weighted by Crippen LogP contribution is -2.63. The number of hydrogen-bond donors (Lipinski definition) is 0. The van der Waals surface area contributed by atoms with Gasteiger partial charge in [-0.2, -0.15) is 5.10 Å². The number of nitrogens with zero attached hydrogens (tertiary/aromatic N) is 3. The average Bonchev–Trinajstić information content (AvgIpc) is 3.07. The highest BCUT2D eigenvalue weighted by molar-refractivity contribution is 5.81. The molecule has 1 fully saturated rings. The maximum atomic E-state index is 12.8. The van der Waals surface area contributed by atoms with E-state index < -0.39 is 0 Å². The lowest BCUT2D eigenvalue weighted by Gasteiger charge is -2.52. The van der Waals surface area contributed by atoms with Crippen molar-refractivity contribution < 1.29 is 9.53 Å². The van der Waals surface area contributed by atoms with Gasteiger partial charge in [0.1, 0.15) is 11.8 Å². The fourth-order valence-electron chi connectivity index (χ4n) is 3.75. The molecule has 4 rings (SSSR count). The van der Waals surface area contributed by atoms with Gasteiger partial charge in [-0.3, -0.25) is 9.48 Å². The summed E-state index contributed by atoms with van der Waals surface area (Å²) in [6, 6.07) is 9.86. The van der Waals surface area contributed by atoms with Crippen molar-refractivity contribution in [2.24, 2.45) is 5.41 Å². The van der Waals surface area contributed by atoms with E-state index in [2.05, 4.69) is 11.2 Å². The van der Waals surface area contributed by atoms with Crippen LogP contribution in [0.3, 0.4) is 0 Å². The number of aromatic nitrogens is 2. The summed E-state index contributed by atoms with van der Waals surface area (Å²) in [6.45, 7) is 4.28. The second kappa shape index (κ2) is 5.41. The summed E-state index contributed by atoms with van der Waals surface area (Å²) in [5, 5.41) is 4.23. The number of amides is 1. The summed E-state index contributed by atoms with van der Waals surface area (Å²) < 4.78 is 7.68. The summed E-state index contributed by atoms with van der Waals surface area (Å²) in [7, 11) is 0. The molecule has 2 aliphatic heterocycles. The highest BCUT2D eigenvalue weighted by atomic mass is 16.5. The second-order valence-corrected chi connectivity index (χ2v) is 6.68. The number of rotatable bonds is 3. The lowest BCUT2D eigenvalue weighted by atomic mass is 9.73. The number of ether oxygens (including phenoxy) is 1. The molecule has 1 saturated heterocycles. The molecule has 0 N–H and O–H groups in total. The Balaban J connectivity index is 1.44. The molecule has 120 valence electrons. The van der Waals surface area contributed by atoms with E-state index in [-0.39, 0.29) is 17.4 Å². The molecule has 1 spiro atoms. The van der Waals surface area contributed by atoms with Crippen molar-refractivity contribution in [3.05, 3.63) is 48.3 Å². The topological polar surface area (TPSA) is 47.4 Å². The third kappa shape index (κ3) is 2.40. The molecule has 0 radical (unpaired) electrons. The quantitative estimate of drug-likeness (QED) is 0.874. The van der Waals surface area contributed by atoms with Gasteiger partial charge in [0, 0.05) is 30.9 Å². The molecular formula is C18H21N3O2. The number of hydrogen-bond acceptors (Lipinski definition) is 3. The molecule has 1 amide bonds. The fourth-order valence-corrected chi connectivity index (χ4v) is 3.75. The molecule has 0 aliphatic carbocycles. The first kappa shape index (κ1) is 14.3. The van der Waals surface area contributed by atoms with Crippen LogP contribution in [0.1, 0.15) is 24.9 Å². The second-order valence-electron chi connectivity index (χ2n) is 6.68. The minimum Gasteiger partial charge on any atom is -0.493 e. The Morgan fingerprint density at radius 2 is 2.17 bits per heavy atom. The van der Waals surface area contributed by atoms with Crippen molar-refractivity contribution in [2.45, 2.75) is 25.8 Å². The Kier molecular flexibility index (Phi) is 3.36. The zero-order chi connectivity index (χ0) is 15.9. The predicted molar refractivity (Wildman–Crippen MR) is 86.2 cm³/mol. The zero-order valence-corrected chi connectivity index (χ0v) is 13.3. The first-order valence-electron chi connectivity index (χ1n) is 8.19. The predicted octanol–water partition coefficient (Wildman–Crippen LogP) is 2.30. The van der Waals surface area contributed by atoms with E-state index in [0.29, 0.717) is 6.61 Å². The van der Waals surface area contributed by atoms with Crippen LogP contribution in [-0.4, -0.2) is 40.3 Å². The average molecular weight is 311 g/mol. The van der Waals surface area contributed by atoms with E-state index in [1.807, 2.05) is 42.3 Å². The third-order valence-electron chi connectivity index (χ3n) is 4.95. The molecule has 2 aliphatic rings. The van der Waals surface area contributed by atoms with Crippen molar-refractivity contribution >= 4 is 5.91 Å². The van der Waals surface area contributed by atoms with Crippen LogP contribution in [0.5, 0.6) is 5.75 Å². The monoisotopic (exact) mass is 311 g/mol. The van der Waals surface area contributed by atoms with Crippen LogP contribution >= 0.6 is 0 Å². The first-order chi connectivity index (χ1) is 11.2. The Labute approximate surface area is 135 Å². The Hall–Kier alpha value is -2.30. The zero-order valence-electron chi connectivity index (χ0n) is 13.3. The van der Waals surface area contributed by atoms with Gasteiger partial charge < -0.3 is 9.64 Å². The standard InChI is InChI=1S/C18H21N3O2/c1-2-15(21-9-5-8-19-21)17(22)20-11-18(12-20)10-14-6-3-4-7-16(14)23-13-18/h3-9,15H,2,10-13H2,1H3. The van der Waals surface area contributed by atoms with Crippen LogP contribution in [0.4, 0.5) is 0 Å². The summed E-state index contributed by atoms with van der Waals surface area (Å²) in [5.41, 5.74) is 1.34. The summed E-state index contributed by atoms with van der Waals surface area (Å²) >= 11 is 0. The molecule has 1 atom stereocenters. The van der Waals surface area contributed by atoms with E-state index in [1.165, 1.54) is 5.56 Å². The van der Waals surface area contributed by atoms with Crippen molar-refractivity contribution in [2.75, 3.05) is 19.7 Å². The molecule has 0 bridgehead atoms. The van der Waals surface area contributed by atoms with Crippen molar-refractivity contribution in [1.29, 1.82) is 0 Å². The lowest BCUT2D eigenvalue weighted by molar-refractivity contribution is -0.150. The minimum absolute atomic E-state index is 0.0897. The largest absolute Gasteiger partial charge is 0.493 e. The van der Waals surface area contributed by atoms with Gasteiger partial charge in [-0.1, -0.05) is 25.1 Å². The van der Waals surface area contributed by atoms with Gasteiger partial charge in [0.15, 0.2) is 0 Å². The van der Waals surface area contributed by atoms with Gasteiger partial charge in [-0.15, -0.1) is 0 Å². The Bertz CT molecular complexity index is 705. The molecule has 1 unspecified atom stereocenters. The van der Waals surface area contributed by atoms with Crippen LogP contribution in [0.2, 0.25) is 0 Å². The van der Waals surface area contributed by atoms with Gasteiger partial charge >= 0.3 is 0 Å². The maximum absolute atomic E-state index is 12.8. The van der Waals surface area contributed by atoms with Crippen LogP contribution in [-0.2, 0) is 11.2 Å². The smallest absolute Gasteiger partial charge is 0.247 e. The molecule has 23 heavy (non-hydrogen) atoms. The minimum atomic E-state index is -0.195. The van der Waals surface area contributed by atoms with Crippen LogP contribution < -0.4 is 4.74 Å². The number of carbonyl (C=O) groups is 1. The Morgan fingerprint density at radius 3 is 2.91 bits per heavy atom. The summed E-state index contributed by atoms with van der Waals surface area (Å²) in [4.78, 5) is 14.7. The van der Waals surface area contributed by atoms with Crippen molar-refractivity contribution in [1.82, 2.24) is 14.7 Å². The third-order valence-corrected chi connectivity index (χ3v) is 4.95. The highest BCUT2D eigenvalue weighted by Crippen LogP contribution is 2.41. The number of likely N-dealkylation sites (tertiary alicyclic amines) is 1. The molecule has 0 saturated carbocycles. The van der Waals surface area contributed by atoms with E-state index in [9.17, 15) is 4.79 Å².